The molecule has 1 amide bonds. The summed E-state index contributed by atoms with van der Waals surface area (Å²) in [6.45, 7) is 0. The van der Waals surface area contributed by atoms with Gasteiger partial charge in [-0.2, -0.15) is 13.2 Å². The Hall–Kier alpha value is -2.88. The van der Waals surface area contributed by atoms with Gasteiger partial charge in [-0.05, 0) is 24.3 Å². The number of carbonyl (C=O) groups is 1. The van der Waals surface area contributed by atoms with Crippen LogP contribution in [0.15, 0.2) is 60.1 Å². The number of aromatic nitrogens is 4. The lowest BCUT2D eigenvalue weighted by Crippen LogP contribution is -2.18. The van der Waals surface area contributed by atoms with Gasteiger partial charge in [0, 0.05) is 6.20 Å². The fourth-order valence-corrected chi connectivity index (χ4v) is 2.85. The van der Waals surface area contributed by atoms with Crippen LogP contribution in [0.25, 0.3) is 5.82 Å². The molecule has 0 atom stereocenters. The van der Waals surface area contributed by atoms with Crippen LogP contribution in [0.2, 0.25) is 0 Å². The molecule has 6 nitrogen and oxygen atoms in total. The Kier molecular flexibility index (Phi) is 5.21. The van der Waals surface area contributed by atoms with Crippen LogP contribution in [-0.2, 0) is 11.0 Å². The highest BCUT2D eigenvalue weighted by atomic mass is 32.2. The van der Waals surface area contributed by atoms with Gasteiger partial charge in [0.2, 0.25) is 5.91 Å². The molecule has 2 heterocycles. The Morgan fingerprint density at radius 1 is 1.15 bits per heavy atom. The van der Waals surface area contributed by atoms with Crippen LogP contribution in [0.3, 0.4) is 0 Å². The van der Waals surface area contributed by atoms with E-state index in [0.29, 0.717) is 11.0 Å². The van der Waals surface area contributed by atoms with Gasteiger partial charge in [-0.1, -0.05) is 30.0 Å². The van der Waals surface area contributed by atoms with Crippen molar-refractivity contribution in [2.24, 2.45) is 0 Å². The summed E-state index contributed by atoms with van der Waals surface area (Å²) in [6, 6.07) is 10.1. The molecule has 1 N–H and O–H groups in total. The van der Waals surface area contributed by atoms with Crippen molar-refractivity contribution in [2.75, 3.05) is 11.1 Å². The van der Waals surface area contributed by atoms with E-state index in [4.69, 9.17) is 0 Å². The highest BCUT2D eigenvalue weighted by molar-refractivity contribution is 7.99. The molecule has 0 spiro atoms. The molecule has 1 aromatic carbocycles. The molecule has 134 valence electrons. The monoisotopic (exact) mass is 379 g/mol. The second kappa shape index (κ2) is 7.56. The number of thioether (sulfide) groups is 1. The zero-order valence-corrected chi connectivity index (χ0v) is 14.0. The van der Waals surface area contributed by atoms with E-state index in [9.17, 15) is 18.0 Å². The summed E-state index contributed by atoms with van der Waals surface area (Å²) < 4.78 is 40.5. The molecule has 0 unspecified atom stereocenters. The predicted molar refractivity (Wildman–Crippen MR) is 90.0 cm³/mol. The van der Waals surface area contributed by atoms with Crippen molar-refractivity contribution in [1.29, 1.82) is 0 Å². The quantitative estimate of drug-likeness (QED) is 0.688. The number of carbonyl (C=O) groups excluding carboxylic acids is 1. The smallest absolute Gasteiger partial charge is 0.325 e. The number of hydrogen-bond acceptors (Lipinski definition) is 5. The topological polar surface area (TPSA) is 72.7 Å². The van der Waals surface area contributed by atoms with Crippen LogP contribution in [0.4, 0.5) is 18.9 Å². The van der Waals surface area contributed by atoms with Gasteiger partial charge in [0.05, 0.1) is 17.0 Å². The summed E-state index contributed by atoms with van der Waals surface area (Å²) in [5.74, 6) is -0.136. The van der Waals surface area contributed by atoms with Crippen LogP contribution in [0.1, 0.15) is 5.56 Å². The third kappa shape index (κ3) is 4.20. The maximum Gasteiger partial charge on any atom is 0.418 e. The number of nitrogens with zero attached hydrogens (tertiary/aromatic N) is 4. The van der Waals surface area contributed by atoms with E-state index >= 15 is 0 Å². The maximum absolute atomic E-state index is 13.0. The van der Waals surface area contributed by atoms with Crippen molar-refractivity contribution in [1.82, 2.24) is 19.7 Å². The fourth-order valence-electron chi connectivity index (χ4n) is 2.13. The Labute approximate surface area is 150 Å². The SMILES string of the molecule is O=C(CSc1nncn1-c1ccccn1)Nc1ccccc1C(F)(F)F. The third-order valence-corrected chi connectivity index (χ3v) is 4.19. The van der Waals surface area contributed by atoms with Crippen molar-refractivity contribution in [3.05, 3.63) is 60.6 Å². The van der Waals surface area contributed by atoms with Gasteiger partial charge in [-0.25, -0.2) is 4.98 Å². The molecule has 0 radical (unpaired) electrons. The molecule has 3 aromatic rings. The molecule has 0 aliphatic heterocycles. The first kappa shape index (κ1) is 17.9. The number of alkyl halides is 3. The number of halogens is 3. The van der Waals surface area contributed by atoms with E-state index in [-0.39, 0.29) is 11.4 Å². The fraction of sp³-hybridized carbons (Fsp3) is 0.125. The van der Waals surface area contributed by atoms with Gasteiger partial charge in [0.15, 0.2) is 5.16 Å². The lowest BCUT2D eigenvalue weighted by molar-refractivity contribution is -0.137. The van der Waals surface area contributed by atoms with Crippen LogP contribution < -0.4 is 5.32 Å². The number of benzene rings is 1. The summed E-state index contributed by atoms with van der Waals surface area (Å²) in [6.07, 6.45) is -1.50. The summed E-state index contributed by atoms with van der Waals surface area (Å²) in [7, 11) is 0. The highest BCUT2D eigenvalue weighted by Gasteiger charge is 2.33. The minimum absolute atomic E-state index is 0.127. The van der Waals surface area contributed by atoms with E-state index in [2.05, 4.69) is 20.5 Å². The molecule has 0 bridgehead atoms. The number of hydrogen-bond donors (Lipinski definition) is 1. The molecule has 10 heteroatoms. The Balaban J connectivity index is 1.68. The first-order valence-electron chi connectivity index (χ1n) is 7.35. The zero-order valence-electron chi connectivity index (χ0n) is 13.1. The molecule has 0 aliphatic carbocycles. The van der Waals surface area contributed by atoms with Crippen molar-refractivity contribution in [3.63, 3.8) is 0 Å². The van der Waals surface area contributed by atoms with Gasteiger partial charge in [0.25, 0.3) is 0 Å². The normalized spacial score (nSPS) is 11.3. The lowest BCUT2D eigenvalue weighted by atomic mass is 10.1. The van der Waals surface area contributed by atoms with Gasteiger partial charge >= 0.3 is 6.18 Å². The van der Waals surface area contributed by atoms with Crippen molar-refractivity contribution in [3.8, 4) is 5.82 Å². The van der Waals surface area contributed by atoms with E-state index in [1.165, 1.54) is 24.5 Å². The molecular formula is C16H12F3N5OS. The maximum atomic E-state index is 13.0. The second-order valence-corrected chi connectivity index (χ2v) is 5.99. The minimum Gasteiger partial charge on any atom is -0.325 e. The third-order valence-electron chi connectivity index (χ3n) is 3.25. The number of para-hydroxylation sites is 1. The van der Waals surface area contributed by atoms with E-state index in [1.54, 1.807) is 29.0 Å². The average Bonchev–Trinajstić information content (AvgIpc) is 3.09. The standard InChI is InChI=1S/C16H12F3N5OS/c17-16(18,19)11-5-1-2-6-12(11)22-14(25)9-26-15-23-21-10-24(15)13-7-3-4-8-20-13/h1-8,10H,9H2,(H,22,25). The number of anilines is 1. The Bertz CT molecular complexity index is 898. The molecule has 0 saturated heterocycles. The van der Waals surface area contributed by atoms with Crippen molar-refractivity contribution in [2.45, 2.75) is 11.3 Å². The molecule has 0 saturated carbocycles. The van der Waals surface area contributed by atoms with Gasteiger partial charge in [-0.3, -0.25) is 9.36 Å². The van der Waals surface area contributed by atoms with Crippen LogP contribution in [-0.4, -0.2) is 31.4 Å². The van der Waals surface area contributed by atoms with Crippen molar-refractivity contribution >= 4 is 23.4 Å². The zero-order chi connectivity index (χ0) is 18.6. The summed E-state index contributed by atoms with van der Waals surface area (Å²) in [5.41, 5.74) is -1.17. The van der Waals surface area contributed by atoms with Gasteiger partial charge < -0.3 is 5.32 Å². The lowest BCUT2D eigenvalue weighted by Gasteiger charge is -2.13. The van der Waals surface area contributed by atoms with Gasteiger partial charge in [0.1, 0.15) is 12.1 Å². The highest BCUT2D eigenvalue weighted by Crippen LogP contribution is 2.34. The summed E-state index contributed by atoms with van der Waals surface area (Å²) >= 11 is 1.05. The Morgan fingerprint density at radius 3 is 2.65 bits per heavy atom. The average molecular weight is 379 g/mol. The summed E-state index contributed by atoms with van der Waals surface area (Å²) in [5, 5.41) is 10.4. The van der Waals surface area contributed by atoms with Crippen LogP contribution in [0, 0.1) is 0 Å². The molecule has 0 aliphatic rings. The predicted octanol–water partition coefficient (Wildman–Crippen LogP) is 3.41. The summed E-state index contributed by atoms with van der Waals surface area (Å²) in [4.78, 5) is 16.2. The molecule has 2 aromatic heterocycles. The number of nitrogens with one attached hydrogen (secondary N) is 1. The van der Waals surface area contributed by atoms with Gasteiger partial charge in [-0.15, -0.1) is 10.2 Å². The number of pyridine rings is 1. The van der Waals surface area contributed by atoms with E-state index < -0.39 is 17.6 Å². The first-order valence-corrected chi connectivity index (χ1v) is 8.34. The van der Waals surface area contributed by atoms with Crippen LogP contribution in [0.5, 0.6) is 0 Å². The molecule has 3 rings (SSSR count). The number of amides is 1. The second-order valence-electron chi connectivity index (χ2n) is 5.05. The molecule has 0 fully saturated rings. The van der Waals surface area contributed by atoms with Crippen molar-refractivity contribution < 1.29 is 18.0 Å². The molecular weight excluding hydrogens is 367 g/mol. The van der Waals surface area contributed by atoms with E-state index in [1.807, 2.05) is 0 Å². The number of rotatable bonds is 5. The largest absolute Gasteiger partial charge is 0.418 e. The minimum atomic E-state index is -4.55. The van der Waals surface area contributed by atoms with Crippen LogP contribution >= 0.6 is 11.8 Å². The molecule has 26 heavy (non-hydrogen) atoms. The van der Waals surface area contributed by atoms with E-state index in [0.717, 1.165) is 17.8 Å². The first-order chi connectivity index (χ1) is 12.4. The Morgan fingerprint density at radius 2 is 1.92 bits per heavy atom.